The van der Waals surface area contributed by atoms with Crippen LogP contribution in [0.25, 0.3) is 0 Å². The van der Waals surface area contributed by atoms with Gasteiger partial charge in [-0.15, -0.1) is 0 Å². The summed E-state index contributed by atoms with van der Waals surface area (Å²) in [6.45, 7) is 2.35. The van der Waals surface area contributed by atoms with Crippen LogP contribution in [0.3, 0.4) is 0 Å². The van der Waals surface area contributed by atoms with Gasteiger partial charge < -0.3 is 10.6 Å². The molecule has 0 unspecified atom stereocenters. The number of thiocarbonyl (C=S) groups is 1. The SMILES string of the molecule is NC(=S)c1ccc(N2CCC2)cc1. The van der Waals surface area contributed by atoms with E-state index in [1.54, 1.807) is 0 Å². The summed E-state index contributed by atoms with van der Waals surface area (Å²) in [7, 11) is 0. The summed E-state index contributed by atoms with van der Waals surface area (Å²) < 4.78 is 0. The van der Waals surface area contributed by atoms with Gasteiger partial charge in [-0.2, -0.15) is 0 Å². The third kappa shape index (κ3) is 1.65. The van der Waals surface area contributed by atoms with E-state index in [1.807, 2.05) is 12.1 Å². The minimum Gasteiger partial charge on any atom is -0.389 e. The second-order valence-corrected chi connectivity index (χ2v) is 3.69. The number of hydrogen-bond donors (Lipinski definition) is 1. The summed E-state index contributed by atoms with van der Waals surface area (Å²) >= 11 is 4.88. The summed E-state index contributed by atoms with van der Waals surface area (Å²) in [5.41, 5.74) is 7.72. The maximum absolute atomic E-state index is 5.50. The molecule has 3 heteroatoms. The molecular weight excluding hydrogens is 180 g/mol. The van der Waals surface area contributed by atoms with Crippen LogP contribution in [-0.4, -0.2) is 18.1 Å². The Morgan fingerprint density at radius 3 is 2.23 bits per heavy atom. The first-order valence-electron chi connectivity index (χ1n) is 4.42. The molecule has 1 saturated heterocycles. The van der Waals surface area contributed by atoms with Crippen LogP contribution in [0.2, 0.25) is 0 Å². The van der Waals surface area contributed by atoms with Crippen LogP contribution in [0.1, 0.15) is 12.0 Å². The molecule has 0 saturated carbocycles. The quantitative estimate of drug-likeness (QED) is 0.721. The summed E-state index contributed by atoms with van der Waals surface area (Å²) in [5, 5.41) is 0. The van der Waals surface area contributed by atoms with Crippen LogP contribution < -0.4 is 10.6 Å². The van der Waals surface area contributed by atoms with Crippen molar-refractivity contribution in [2.24, 2.45) is 5.73 Å². The van der Waals surface area contributed by atoms with E-state index in [0.29, 0.717) is 4.99 Å². The molecule has 13 heavy (non-hydrogen) atoms. The van der Waals surface area contributed by atoms with Gasteiger partial charge in [0.2, 0.25) is 0 Å². The molecule has 1 aromatic carbocycles. The average Bonchev–Trinajstić information content (AvgIpc) is 2.02. The Hall–Kier alpha value is -1.09. The summed E-state index contributed by atoms with van der Waals surface area (Å²) in [4.78, 5) is 2.80. The maximum atomic E-state index is 5.50. The van der Waals surface area contributed by atoms with Gasteiger partial charge in [0.1, 0.15) is 4.99 Å². The van der Waals surface area contributed by atoms with E-state index in [1.165, 1.54) is 25.2 Å². The van der Waals surface area contributed by atoms with E-state index in [-0.39, 0.29) is 0 Å². The average molecular weight is 192 g/mol. The van der Waals surface area contributed by atoms with Crippen molar-refractivity contribution >= 4 is 22.9 Å². The minimum atomic E-state index is 0.468. The lowest BCUT2D eigenvalue weighted by Crippen LogP contribution is -2.36. The normalized spacial score (nSPS) is 15.2. The van der Waals surface area contributed by atoms with Crippen LogP contribution in [0.5, 0.6) is 0 Å². The lowest BCUT2D eigenvalue weighted by Gasteiger charge is -2.33. The number of nitrogens with two attached hydrogens (primary N) is 1. The van der Waals surface area contributed by atoms with E-state index in [9.17, 15) is 0 Å². The number of benzene rings is 1. The molecule has 0 amide bonds. The van der Waals surface area contributed by atoms with E-state index in [4.69, 9.17) is 18.0 Å². The van der Waals surface area contributed by atoms with Gasteiger partial charge >= 0.3 is 0 Å². The molecule has 0 aromatic heterocycles. The van der Waals surface area contributed by atoms with Gasteiger partial charge in [-0.3, -0.25) is 0 Å². The molecular formula is C10H12N2S. The standard InChI is InChI=1S/C10H12N2S/c11-10(13)8-2-4-9(5-3-8)12-6-1-7-12/h2-5H,1,6-7H2,(H2,11,13). The smallest absolute Gasteiger partial charge is 0.103 e. The van der Waals surface area contributed by atoms with Crippen LogP contribution in [-0.2, 0) is 0 Å². The highest BCUT2D eigenvalue weighted by atomic mass is 32.1. The molecule has 68 valence electrons. The maximum Gasteiger partial charge on any atom is 0.103 e. The first-order chi connectivity index (χ1) is 6.27. The van der Waals surface area contributed by atoms with Crippen molar-refractivity contribution in [2.45, 2.75) is 6.42 Å². The lowest BCUT2D eigenvalue weighted by molar-refractivity contribution is 0.618. The topological polar surface area (TPSA) is 29.3 Å². The van der Waals surface area contributed by atoms with Crippen molar-refractivity contribution in [3.63, 3.8) is 0 Å². The Balaban J connectivity index is 2.17. The predicted molar refractivity (Wildman–Crippen MR) is 59.2 cm³/mol. The zero-order valence-electron chi connectivity index (χ0n) is 7.36. The fourth-order valence-electron chi connectivity index (χ4n) is 1.41. The fraction of sp³-hybridized carbons (Fsp3) is 0.300. The molecule has 1 aliphatic rings. The fourth-order valence-corrected chi connectivity index (χ4v) is 1.55. The van der Waals surface area contributed by atoms with Gasteiger partial charge in [-0.1, -0.05) is 12.2 Å². The van der Waals surface area contributed by atoms with Crippen LogP contribution in [0.4, 0.5) is 5.69 Å². The Morgan fingerprint density at radius 2 is 1.85 bits per heavy atom. The number of rotatable bonds is 2. The van der Waals surface area contributed by atoms with Gasteiger partial charge in [0.05, 0.1) is 0 Å². The zero-order valence-corrected chi connectivity index (χ0v) is 8.18. The Labute approximate surface area is 83.3 Å². The lowest BCUT2D eigenvalue weighted by atomic mass is 10.1. The Morgan fingerprint density at radius 1 is 1.23 bits per heavy atom. The molecule has 0 radical (unpaired) electrons. The molecule has 0 atom stereocenters. The predicted octanol–water partition coefficient (Wildman–Crippen LogP) is 1.53. The van der Waals surface area contributed by atoms with Gasteiger partial charge in [0, 0.05) is 24.3 Å². The summed E-state index contributed by atoms with van der Waals surface area (Å²) in [5.74, 6) is 0. The molecule has 2 rings (SSSR count). The molecule has 1 aromatic rings. The van der Waals surface area contributed by atoms with Crippen LogP contribution in [0.15, 0.2) is 24.3 Å². The van der Waals surface area contributed by atoms with Gasteiger partial charge in [-0.25, -0.2) is 0 Å². The van der Waals surface area contributed by atoms with Crippen molar-refractivity contribution in [1.29, 1.82) is 0 Å². The minimum absolute atomic E-state index is 0.468. The highest BCUT2D eigenvalue weighted by Crippen LogP contribution is 2.20. The van der Waals surface area contributed by atoms with Gasteiger partial charge in [0.25, 0.3) is 0 Å². The van der Waals surface area contributed by atoms with Crippen LogP contribution >= 0.6 is 12.2 Å². The van der Waals surface area contributed by atoms with E-state index in [2.05, 4.69) is 17.0 Å². The van der Waals surface area contributed by atoms with Crippen molar-refractivity contribution in [1.82, 2.24) is 0 Å². The molecule has 1 heterocycles. The largest absolute Gasteiger partial charge is 0.389 e. The first-order valence-corrected chi connectivity index (χ1v) is 4.83. The van der Waals surface area contributed by atoms with E-state index in [0.717, 1.165) is 5.56 Å². The Kier molecular flexibility index (Phi) is 2.19. The van der Waals surface area contributed by atoms with Crippen LogP contribution in [0, 0.1) is 0 Å². The second-order valence-electron chi connectivity index (χ2n) is 3.25. The van der Waals surface area contributed by atoms with Gasteiger partial charge in [-0.05, 0) is 30.7 Å². The van der Waals surface area contributed by atoms with Crippen molar-refractivity contribution in [2.75, 3.05) is 18.0 Å². The highest BCUT2D eigenvalue weighted by molar-refractivity contribution is 7.80. The second kappa shape index (κ2) is 3.34. The first kappa shape index (κ1) is 8.51. The Bertz CT molecular complexity index is 314. The molecule has 2 nitrogen and oxygen atoms in total. The zero-order chi connectivity index (χ0) is 9.26. The summed E-state index contributed by atoms with van der Waals surface area (Å²) in [6.07, 6.45) is 1.30. The third-order valence-electron chi connectivity index (χ3n) is 2.37. The number of hydrogen-bond acceptors (Lipinski definition) is 2. The third-order valence-corrected chi connectivity index (χ3v) is 2.61. The molecule has 1 fully saturated rings. The van der Waals surface area contributed by atoms with E-state index < -0.39 is 0 Å². The number of nitrogens with zero attached hydrogens (tertiary/aromatic N) is 1. The highest BCUT2D eigenvalue weighted by Gasteiger charge is 2.13. The molecule has 0 bridgehead atoms. The van der Waals surface area contributed by atoms with E-state index >= 15 is 0 Å². The molecule has 1 aliphatic heterocycles. The molecule has 2 N–H and O–H groups in total. The molecule has 0 spiro atoms. The van der Waals surface area contributed by atoms with Crippen molar-refractivity contribution in [3.05, 3.63) is 29.8 Å². The van der Waals surface area contributed by atoms with Crippen molar-refractivity contribution in [3.8, 4) is 0 Å². The van der Waals surface area contributed by atoms with Crippen molar-refractivity contribution < 1.29 is 0 Å². The summed E-state index contributed by atoms with van der Waals surface area (Å²) in [6, 6.07) is 8.12. The molecule has 0 aliphatic carbocycles. The van der Waals surface area contributed by atoms with Gasteiger partial charge in [0.15, 0.2) is 0 Å². The monoisotopic (exact) mass is 192 g/mol. The number of anilines is 1.